The second-order valence-corrected chi connectivity index (χ2v) is 8.85. The summed E-state index contributed by atoms with van der Waals surface area (Å²) >= 11 is 4.37. The van der Waals surface area contributed by atoms with Crippen LogP contribution in [0.2, 0.25) is 0 Å². The average Bonchev–Trinajstić information content (AvgIpc) is 3.02. The van der Waals surface area contributed by atoms with E-state index in [9.17, 15) is 9.59 Å². The number of fused-ring (bicyclic) bond motifs is 1. The van der Waals surface area contributed by atoms with E-state index >= 15 is 0 Å². The van der Waals surface area contributed by atoms with Crippen molar-refractivity contribution < 1.29 is 14.3 Å². The lowest BCUT2D eigenvalue weighted by Gasteiger charge is -2.13. The van der Waals surface area contributed by atoms with Crippen LogP contribution in [0.5, 0.6) is 5.75 Å². The fraction of sp³-hybridized carbons (Fsp3) is 0.167. The number of thioether (sulfide) groups is 1. The van der Waals surface area contributed by atoms with Crippen LogP contribution in [0.4, 0.5) is 4.79 Å². The maximum absolute atomic E-state index is 13.0. The molecule has 0 aromatic heterocycles. The molecule has 1 aliphatic rings. The minimum absolute atomic E-state index is 0.254. The molecule has 4 rings (SSSR count). The van der Waals surface area contributed by atoms with E-state index in [0.717, 1.165) is 50.3 Å². The lowest BCUT2D eigenvalue weighted by atomic mass is 10.0. The summed E-state index contributed by atoms with van der Waals surface area (Å²) in [7, 11) is 0. The molecule has 0 radical (unpaired) electrons. The molecule has 3 aromatic rings. The molecule has 0 N–H and O–H groups in total. The number of carbonyl (C=O) groups excluding carboxylic acids is 2. The van der Waals surface area contributed by atoms with Crippen molar-refractivity contribution in [1.29, 1.82) is 0 Å². The van der Waals surface area contributed by atoms with Crippen LogP contribution in [-0.4, -0.2) is 22.7 Å². The van der Waals surface area contributed by atoms with E-state index in [-0.39, 0.29) is 17.7 Å². The van der Waals surface area contributed by atoms with Gasteiger partial charge in [0.25, 0.3) is 11.1 Å². The Bertz CT molecular complexity index is 1140. The average molecular weight is 482 g/mol. The first-order chi connectivity index (χ1) is 14.6. The number of nitrogens with zero attached hydrogens (tertiary/aromatic N) is 1. The van der Waals surface area contributed by atoms with Gasteiger partial charge in [-0.2, -0.15) is 0 Å². The highest BCUT2D eigenvalue weighted by atomic mass is 79.9. The van der Waals surface area contributed by atoms with Gasteiger partial charge in [-0.25, -0.2) is 0 Å². The van der Waals surface area contributed by atoms with Crippen LogP contribution < -0.4 is 4.74 Å². The highest BCUT2D eigenvalue weighted by molar-refractivity contribution is 9.10. The number of carbonyl (C=O) groups is 2. The second kappa shape index (κ2) is 9.06. The predicted octanol–water partition coefficient (Wildman–Crippen LogP) is 6.63. The molecule has 0 atom stereocenters. The van der Waals surface area contributed by atoms with Crippen molar-refractivity contribution >= 4 is 55.7 Å². The third-order valence-corrected chi connectivity index (χ3v) is 6.23. The Balaban J connectivity index is 1.69. The van der Waals surface area contributed by atoms with Gasteiger partial charge in [0.05, 0.1) is 18.1 Å². The molecule has 1 saturated heterocycles. The fourth-order valence-corrected chi connectivity index (χ4v) is 4.39. The molecule has 6 heteroatoms. The van der Waals surface area contributed by atoms with Gasteiger partial charge >= 0.3 is 0 Å². The summed E-state index contributed by atoms with van der Waals surface area (Å²) in [4.78, 5) is 27.3. The summed E-state index contributed by atoms with van der Waals surface area (Å²) in [5.41, 5.74) is 1.73. The van der Waals surface area contributed by atoms with Crippen molar-refractivity contribution in [3.63, 3.8) is 0 Å². The molecule has 0 aliphatic carbocycles. The van der Waals surface area contributed by atoms with Crippen molar-refractivity contribution in [2.75, 3.05) is 6.61 Å². The standard InChI is InChI=1S/C24H20BrNO3S/c1-2-13-29-21-12-9-17-5-3-4-6-19(17)20(21)14-22-23(27)26(24(28)30-22)15-16-7-10-18(25)11-8-16/h3-12,14H,2,13,15H2,1H3/b22-14-. The van der Waals surface area contributed by atoms with Gasteiger partial charge in [-0.15, -0.1) is 0 Å². The first kappa shape index (κ1) is 20.7. The largest absolute Gasteiger partial charge is 0.493 e. The van der Waals surface area contributed by atoms with Crippen LogP contribution in [0.3, 0.4) is 0 Å². The molecule has 0 spiro atoms. The highest BCUT2D eigenvalue weighted by Gasteiger charge is 2.35. The lowest BCUT2D eigenvalue weighted by molar-refractivity contribution is -0.123. The maximum Gasteiger partial charge on any atom is 0.293 e. The van der Waals surface area contributed by atoms with Crippen molar-refractivity contribution in [2.45, 2.75) is 19.9 Å². The van der Waals surface area contributed by atoms with Gasteiger partial charge < -0.3 is 4.74 Å². The zero-order valence-corrected chi connectivity index (χ0v) is 18.8. The van der Waals surface area contributed by atoms with Crippen molar-refractivity contribution in [1.82, 2.24) is 4.90 Å². The van der Waals surface area contributed by atoms with Gasteiger partial charge in [0.2, 0.25) is 0 Å². The third kappa shape index (κ3) is 4.30. The van der Waals surface area contributed by atoms with E-state index in [1.807, 2.05) is 67.6 Å². The molecule has 0 bridgehead atoms. The molecule has 152 valence electrons. The van der Waals surface area contributed by atoms with E-state index < -0.39 is 0 Å². The van der Waals surface area contributed by atoms with Gasteiger partial charge in [-0.05, 0) is 58.8 Å². The summed E-state index contributed by atoms with van der Waals surface area (Å²) in [6, 6.07) is 19.5. The number of ether oxygens (including phenoxy) is 1. The summed E-state index contributed by atoms with van der Waals surface area (Å²) in [5, 5.41) is 1.79. The molecule has 0 saturated carbocycles. The Hall–Kier alpha value is -2.57. The van der Waals surface area contributed by atoms with E-state index in [0.29, 0.717) is 11.5 Å². The summed E-state index contributed by atoms with van der Waals surface area (Å²) in [6.45, 7) is 2.89. The van der Waals surface area contributed by atoms with E-state index in [2.05, 4.69) is 15.9 Å². The van der Waals surface area contributed by atoms with E-state index in [4.69, 9.17) is 4.74 Å². The Morgan fingerprint density at radius 3 is 2.57 bits per heavy atom. The van der Waals surface area contributed by atoms with Crippen LogP contribution in [-0.2, 0) is 11.3 Å². The quantitative estimate of drug-likeness (QED) is 0.370. The topological polar surface area (TPSA) is 46.6 Å². The Morgan fingerprint density at radius 2 is 1.80 bits per heavy atom. The van der Waals surface area contributed by atoms with Crippen LogP contribution in [0, 0.1) is 0 Å². The summed E-state index contributed by atoms with van der Waals surface area (Å²) in [6.07, 6.45) is 2.68. The van der Waals surface area contributed by atoms with E-state index in [1.165, 1.54) is 4.90 Å². The molecule has 4 nitrogen and oxygen atoms in total. The number of amides is 2. The molecule has 30 heavy (non-hydrogen) atoms. The summed E-state index contributed by atoms with van der Waals surface area (Å²) in [5.74, 6) is 0.442. The van der Waals surface area contributed by atoms with Crippen molar-refractivity contribution in [3.05, 3.63) is 81.2 Å². The van der Waals surface area contributed by atoms with Gasteiger partial charge in [0, 0.05) is 10.0 Å². The molecular formula is C24H20BrNO3S. The number of rotatable bonds is 6. The zero-order valence-electron chi connectivity index (χ0n) is 16.4. The predicted molar refractivity (Wildman–Crippen MR) is 125 cm³/mol. The SMILES string of the molecule is CCCOc1ccc2ccccc2c1/C=C1\SC(=O)N(Cc2ccc(Br)cc2)C1=O. The number of benzene rings is 3. The van der Waals surface area contributed by atoms with Crippen LogP contribution in [0.25, 0.3) is 16.8 Å². The number of hydrogen-bond acceptors (Lipinski definition) is 4. The van der Waals surface area contributed by atoms with Crippen LogP contribution in [0.15, 0.2) is 70.0 Å². The van der Waals surface area contributed by atoms with E-state index in [1.54, 1.807) is 6.08 Å². The molecule has 3 aromatic carbocycles. The monoisotopic (exact) mass is 481 g/mol. The van der Waals surface area contributed by atoms with Crippen molar-refractivity contribution in [2.24, 2.45) is 0 Å². The third-order valence-electron chi connectivity index (χ3n) is 4.80. The number of halogens is 1. The second-order valence-electron chi connectivity index (χ2n) is 6.94. The van der Waals surface area contributed by atoms with Crippen LogP contribution in [0.1, 0.15) is 24.5 Å². The Labute approximate surface area is 188 Å². The first-order valence-electron chi connectivity index (χ1n) is 9.71. The minimum atomic E-state index is -0.276. The molecule has 0 unspecified atom stereocenters. The van der Waals surface area contributed by atoms with Crippen molar-refractivity contribution in [3.8, 4) is 5.75 Å². The van der Waals surface area contributed by atoms with Gasteiger partial charge in [-0.1, -0.05) is 65.3 Å². The number of imide groups is 1. The molecular weight excluding hydrogens is 462 g/mol. The van der Waals surface area contributed by atoms with Crippen LogP contribution >= 0.6 is 27.7 Å². The smallest absolute Gasteiger partial charge is 0.293 e. The zero-order chi connectivity index (χ0) is 21.1. The highest BCUT2D eigenvalue weighted by Crippen LogP contribution is 2.37. The summed E-state index contributed by atoms with van der Waals surface area (Å²) < 4.78 is 6.89. The minimum Gasteiger partial charge on any atom is -0.493 e. The lowest BCUT2D eigenvalue weighted by Crippen LogP contribution is -2.27. The Kier molecular flexibility index (Phi) is 6.25. The number of hydrogen-bond donors (Lipinski definition) is 0. The Morgan fingerprint density at radius 1 is 1.03 bits per heavy atom. The first-order valence-corrected chi connectivity index (χ1v) is 11.3. The molecule has 1 aliphatic heterocycles. The van der Waals surface area contributed by atoms with Gasteiger partial charge in [-0.3, -0.25) is 14.5 Å². The molecule has 1 heterocycles. The fourth-order valence-electron chi connectivity index (χ4n) is 3.30. The molecule has 2 amide bonds. The normalized spacial score (nSPS) is 15.4. The van der Waals surface area contributed by atoms with Gasteiger partial charge in [0.15, 0.2) is 0 Å². The maximum atomic E-state index is 13.0. The molecule has 1 fully saturated rings. The van der Waals surface area contributed by atoms with Gasteiger partial charge in [0.1, 0.15) is 5.75 Å².